The lowest BCUT2D eigenvalue weighted by Crippen LogP contribution is -2.33. The molecule has 0 amide bonds. The second-order valence-electron chi connectivity index (χ2n) is 3.46. The molecule has 0 aromatic carbocycles. The van der Waals surface area contributed by atoms with Crippen LogP contribution in [0, 0.1) is 0 Å². The zero-order chi connectivity index (χ0) is 11.0. The number of nitrogens with two attached hydrogens (primary N) is 1. The number of hydrogen-bond donors (Lipinski definition) is 2. The smallest absolute Gasteiger partial charge is 0.327 e. The van der Waals surface area contributed by atoms with Crippen molar-refractivity contribution in [1.29, 1.82) is 0 Å². The van der Waals surface area contributed by atoms with E-state index in [4.69, 9.17) is 5.84 Å². The van der Waals surface area contributed by atoms with Gasteiger partial charge >= 0.3 is 5.97 Å². The van der Waals surface area contributed by atoms with Crippen LogP contribution in [0.3, 0.4) is 0 Å². The first kappa shape index (κ1) is 13.4. The Hall–Kier alpha value is -0.650. The molecule has 0 aromatic heterocycles. The average Bonchev–Trinajstić information content (AvgIpc) is 2.15. The average molecular weight is 203 g/mol. The van der Waals surface area contributed by atoms with Crippen LogP contribution in [0.25, 0.3) is 0 Å². The summed E-state index contributed by atoms with van der Waals surface area (Å²) in [5.74, 6) is 4.51. The van der Waals surface area contributed by atoms with Crippen molar-refractivity contribution in [3.05, 3.63) is 0 Å². The van der Waals surface area contributed by atoms with Crippen LogP contribution in [-0.4, -0.2) is 30.5 Å². The van der Waals surface area contributed by atoms with Crippen LogP contribution in [0.5, 0.6) is 0 Å². The maximum Gasteiger partial charge on any atom is 0.327 e. The van der Waals surface area contributed by atoms with Gasteiger partial charge in [-0.15, -0.1) is 0 Å². The molecule has 0 aromatic rings. The van der Waals surface area contributed by atoms with Gasteiger partial charge in [-0.05, 0) is 20.4 Å². The van der Waals surface area contributed by atoms with E-state index in [1.54, 1.807) is 0 Å². The lowest BCUT2D eigenvalue weighted by molar-refractivity contribution is -0.151. The molecule has 0 fully saturated rings. The van der Waals surface area contributed by atoms with E-state index >= 15 is 0 Å². The first-order chi connectivity index (χ1) is 6.61. The summed E-state index contributed by atoms with van der Waals surface area (Å²) in [5.41, 5.74) is 1.88. The van der Waals surface area contributed by atoms with E-state index in [1.807, 2.05) is 12.6 Å². The number of hydrogen-bond acceptors (Lipinski definition) is 5. The van der Waals surface area contributed by atoms with E-state index in [9.17, 15) is 4.79 Å². The fourth-order valence-corrected chi connectivity index (χ4v) is 1.24. The molecule has 0 bridgehead atoms. The molecule has 0 saturated heterocycles. The molecule has 84 valence electrons. The maximum atomic E-state index is 10.9. The summed E-state index contributed by atoms with van der Waals surface area (Å²) in [7, 11) is 2.00. The molecule has 14 heavy (non-hydrogen) atoms. The van der Waals surface area contributed by atoms with Gasteiger partial charge in [-0.1, -0.05) is 18.9 Å². The summed E-state index contributed by atoms with van der Waals surface area (Å²) in [6.07, 6.45) is 2.65. The standard InChI is InChI=1S/C9H21N3O2/c1-4-5-8(2)12(3)7-6-9(13)14-11-10/h8,11H,4-7,10H2,1-3H3. The van der Waals surface area contributed by atoms with Gasteiger partial charge in [-0.2, -0.15) is 0 Å². The van der Waals surface area contributed by atoms with E-state index in [1.165, 1.54) is 0 Å². The summed E-state index contributed by atoms with van der Waals surface area (Å²) in [4.78, 5) is 17.5. The fraction of sp³-hybridized carbons (Fsp3) is 0.889. The Morgan fingerprint density at radius 3 is 2.79 bits per heavy atom. The predicted molar refractivity (Wildman–Crippen MR) is 55.0 cm³/mol. The number of nitrogens with one attached hydrogen (secondary N) is 1. The SMILES string of the molecule is CCCC(C)N(C)CCC(=O)ONN. The van der Waals surface area contributed by atoms with Gasteiger partial charge in [0.05, 0.1) is 6.42 Å². The van der Waals surface area contributed by atoms with Crippen molar-refractivity contribution < 1.29 is 9.63 Å². The Morgan fingerprint density at radius 2 is 2.29 bits per heavy atom. The van der Waals surface area contributed by atoms with Gasteiger partial charge in [0.15, 0.2) is 0 Å². The van der Waals surface area contributed by atoms with E-state index < -0.39 is 0 Å². The summed E-state index contributed by atoms with van der Waals surface area (Å²) in [6.45, 7) is 4.99. The monoisotopic (exact) mass is 203 g/mol. The molecule has 0 radical (unpaired) electrons. The number of carbonyl (C=O) groups is 1. The van der Waals surface area contributed by atoms with E-state index in [0.29, 0.717) is 19.0 Å². The Kier molecular flexibility index (Phi) is 7.37. The van der Waals surface area contributed by atoms with Crippen LogP contribution >= 0.6 is 0 Å². The van der Waals surface area contributed by atoms with Gasteiger partial charge in [-0.3, -0.25) is 4.79 Å². The van der Waals surface area contributed by atoms with Crippen molar-refractivity contribution in [2.75, 3.05) is 13.6 Å². The van der Waals surface area contributed by atoms with Crippen molar-refractivity contribution >= 4 is 5.97 Å². The molecule has 5 nitrogen and oxygen atoms in total. The zero-order valence-corrected chi connectivity index (χ0v) is 9.25. The van der Waals surface area contributed by atoms with Gasteiger partial charge in [0.2, 0.25) is 0 Å². The first-order valence-corrected chi connectivity index (χ1v) is 4.97. The molecular weight excluding hydrogens is 182 g/mol. The highest BCUT2D eigenvalue weighted by Gasteiger charge is 2.10. The topological polar surface area (TPSA) is 67.6 Å². The van der Waals surface area contributed by atoms with E-state index in [0.717, 1.165) is 12.8 Å². The van der Waals surface area contributed by atoms with Crippen LogP contribution in [-0.2, 0) is 9.63 Å². The molecule has 1 unspecified atom stereocenters. The Morgan fingerprint density at radius 1 is 1.64 bits per heavy atom. The minimum absolute atomic E-state index is 0.331. The Bertz CT molecular complexity index is 164. The van der Waals surface area contributed by atoms with Crippen molar-refractivity contribution in [3.63, 3.8) is 0 Å². The van der Waals surface area contributed by atoms with Crippen LogP contribution in [0.15, 0.2) is 0 Å². The molecule has 0 aliphatic heterocycles. The van der Waals surface area contributed by atoms with E-state index in [2.05, 4.69) is 23.6 Å². The molecule has 0 aliphatic rings. The van der Waals surface area contributed by atoms with Crippen LogP contribution in [0.1, 0.15) is 33.1 Å². The zero-order valence-electron chi connectivity index (χ0n) is 9.25. The third kappa shape index (κ3) is 5.90. The van der Waals surface area contributed by atoms with E-state index in [-0.39, 0.29) is 5.97 Å². The molecule has 0 aliphatic carbocycles. The third-order valence-electron chi connectivity index (χ3n) is 2.30. The highest BCUT2D eigenvalue weighted by Crippen LogP contribution is 2.04. The lowest BCUT2D eigenvalue weighted by Gasteiger charge is -2.23. The van der Waals surface area contributed by atoms with Gasteiger partial charge in [-0.25, -0.2) is 5.84 Å². The molecular formula is C9H21N3O2. The lowest BCUT2D eigenvalue weighted by atomic mass is 10.1. The quantitative estimate of drug-likeness (QED) is 0.463. The van der Waals surface area contributed by atoms with Gasteiger partial charge in [0, 0.05) is 12.6 Å². The van der Waals surface area contributed by atoms with Crippen LogP contribution in [0.4, 0.5) is 0 Å². The van der Waals surface area contributed by atoms with Gasteiger partial charge < -0.3 is 9.74 Å². The minimum Gasteiger partial charge on any atom is -0.356 e. The molecule has 5 heteroatoms. The maximum absolute atomic E-state index is 10.9. The van der Waals surface area contributed by atoms with Gasteiger partial charge in [0.25, 0.3) is 0 Å². The molecule has 0 saturated carbocycles. The van der Waals surface area contributed by atoms with Crippen molar-refractivity contribution in [2.24, 2.45) is 5.84 Å². The second-order valence-corrected chi connectivity index (χ2v) is 3.46. The highest BCUT2D eigenvalue weighted by molar-refractivity contribution is 5.69. The summed E-state index contributed by atoms with van der Waals surface area (Å²) >= 11 is 0. The fourth-order valence-electron chi connectivity index (χ4n) is 1.24. The van der Waals surface area contributed by atoms with Crippen molar-refractivity contribution in [2.45, 2.75) is 39.2 Å². The van der Waals surface area contributed by atoms with Gasteiger partial charge in [0.1, 0.15) is 0 Å². The first-order valence-electron chi connectivity index (χ1n) is 4.97. The highest BCUT2D eigenvalue weighted by atomic mass is 16.7. The third-order valence-corrected chi connectivity index (χ3v) is 2.30. The Labute approximate surface area is 85.5 Å². The van der Waals surface area contributed by atoms with Crippen molar-refractivity contribution in [1.82, 2.24) is 10.5 Å². The molecule has 0 heterocycles. The van der Waals surface area contributed by atoms with Crippen molar-refractivity contribution in [3.8, 4) is 0 Å². The number of nitrogens with zero attached hydrogens (tertiary/aromatic N) is 1. The van der Waals surface area contributed by atoms with Crippen LogP contribution < -0.4 is 11.4 Å². The number of rotatable bonds is 7. The normalized spacial score (nSPS) is 12.9. The molecule has 0 spiro atoms. The predicted octanol–water partition coefficient (Wildman–Crippen LogP) is 0.418. The molecule has 3 N–H and O–H groups in total. The summed E-state index contributed by atoms with van der Waals surface area (Å²) in [6, 6.07) is 0.499. The number of carbonyl (C=O) groups excluding carboxylic acids is 1. The summed E-state index contributed by atoms with van der Waals surface area (Å²) in [5, 5.41) is 0. The van der Waals surface area contributed by atoms with Crippen LogP contribution in [0.2, 0.25) is 0 Å². The largest absolute Gasteiger partial charge is 0.356 e. The number of hydrazine groups is 1. The second kappa shape index (κ2) is 7.73. The molecule has 1 atom stereocenters. The minimum atomic E-state index is -0.331. The Balaban J connectivity index is 3.61. The molecule has 0 rings (SSSR count). The summed E-state index contributed by atoms with van der Waals surface area (Å²) < 4.78 is 0.